The Morgan fingerprint density at radius 3 is 1.80 bits per heavy atom. The van der Waals surface area contributed by atoms with Gasteiger partial charge in [-0.15, -0.1) is 0 Å². The Bertz CT molecular complexity index is 240. The van der Waals surface area contributed by atoms with Crippen LogP contribution in [0.5, 0.6) is 0 Å². The molecular formula is C22H49N3. The standard InChI is InChI=1S/C8H17N.C7H15N.C7H17N/c1-9-7-5-3-2-4-6-8-9;1-7-3-5-8(2)6-4-7;1-4-7(2)5-6-8-3/h2-8H2,1H3;7H,3-6H2,1-2H3;7-8H,4-6H2,1-3H3. The van der Waals surface area contributed by atoms with Crippen molar-refractivity contribution in [3.05, 3.63) is 0 Å². The zero-order valence-electron chi connectivity index (χ0n) is 18.4. The summed E-state index contributed by atoms with van der Waals surface area (Å²) in [5.41, 5.74) is 0. The second-order valence-corrected chi connectivity index (χ2v) is 8.46. The molecule has 3 heteroatoms. The van der Waals surface area contributed by atoms with Gasteiger partial charge in [-0.25, -0.2) is 0 Å². The van der Waals surface area contributed by atoms with E-state index in [-0.39, 0.29) is 0 Å². The van der Waals surface area contributed by atoms with Gasteiger partial charge in [-0.2, -0.15) is 0 Å². The van der Waals surface area contributed by atoms with Crippen molar-refractivity contribution in [2.24, 2.45) is 11.8 Å². The lowest BCUT2D eigenvalue weighted by molar-refractivity contribution is 0.230. The molecule has 0 aromatic heterocycles. The predicted octanol–water partition coefficient (Wildman–Crippen LogP) is 4.87. The lowest BCUT2D eigenvalue weighted by atomic mass is 10.00. The maximum atomic E-state index is 3.13. The molecule has 25 heavy (non-hydrogen) atoms. The van der Waals surface area contributed by atoms with Crippen LogP contribution in [0.15, 0.2) is 0 Å². The summed E-state index contributed by atoms with van der Waals surface area (Å²) in [5, 5.41) is 3.13. The first kappa shape index (κ1) is 24.9. The van der Waals surface area contributed by atoms with Gasteiger partial charge in [0.1, 0.15) is 0 Å². The maximum Gasteiger partial charge on any atom is -0.00192 e. The summed E-state index contributed by atoms with van der Waals surface area (Å²) in [7, 11) is 6.43. The number of piperidine rings is 1. The minimum absolute atomic E-state index is 0.891. The van der Waals surface area contributed by atoms with E-state index in [2.05, 4.69) is 50.0 Å². The number of hydrogen-bond donors (Lipinski definition) is 1. The van der Waals surface area contributed by atoms with E-state index < -0.39 is 0 Å². The third-order valence-corrected chi connectivity index (χ3v) is 5.67. The molecule has 0 bridgehead atoms. The molecule has 152 valence electrons. The molecule has 0 aromatic rings. The van der Waals surface area contributed by atoms with Crippen molar-refractivity contribution in [3.8, 4) is 0 Å². The van der Waals surface area contributed by atoms with E-state index in [0.29, 0.717) is 0 Å². The van der Waals surface area contributed by atoms with Gasteiger partial charge in [-0.05, 0) is 97.8 Å². The van der Waals surface area contributed by atoms with E-state index in [1.165, 1.54) is 84.0 Å². The van der Waals surface area contributed by atoms with Gasteiger partial charge in [0.2, 0.25) is 0 Å². The lowest BCUT2D eigenvalue weighted by Gasteiger charge is -2.26. The Kier molecular flexibility index (Phi) is 17.2. The van der Waals surface area contributed by atoms with Crippen molar-refractivity contribution >= 4 is 0 Å². The minimum atomic E-state index is 0.891. The Morgan fingerprint density at radius 2 is 1.36 bits per heavy atom. The first-order valence-electron chi connectivity index (χ1n) is 11.0. The molecule has 0 radical (unpaired) electrons. The van der Waals surface area contributed by atoms with Crippen LogP contribution in [0.3, 0.4) is 0 Å². The van der Waals surface area contributed by atoms with E-state index in [4.69, 9.17) is 0 Å². The molecular weight excluding hydrogens is 306 g/mol. The predicted molar refractivity (Wildman–Crippen MR) is 114 cm³/mol. The summed E-state index contributed by atoms with van der Waals surface area (Å²) in [6, 6.07) is 0. The SMILES string of the molecule is CC1CCN(C)CC1.CCC(C)CCNC.CN1CCCCCCC1. The highest BCUT2D eigenvalue weighted by Crippen LogP contribution is 2.13. The van der Waals surface area contributed by atoms with Gasteiger partial charge in [-0.1, -0.05) is 46.5 Å². The maximum absolute atomic E-state index is 3.13. The largest absolute Gasteiger partial charge is 0.320 e. The Morgan fingerprint density at radius 1 is 0.880 bits per heavy atom. The quantitative estimate of drug-likeness (QED) is 0.776. The molecule has 1 N–H and O–H groups in total. The molecule has 0 aliphatic carbocycles. The molecule has 2 aliphatic rings. The third kappa shape index (κ3) is 17.1. The van der Waals surface area contributed by atoms with Crippen LogP contribution < -0.4 is 5.32 Å². The topological polar surface area (TPSA) is 18.5 Å². The highest BCUT2D eigenvalue weighted by Gasteiger charge is 2.10. The Hall–Kier alpha value is -0.120. The summed E-state index contributed by atoms with van der Waals surface area (Å²) < 4.78 is 0. The first-order valence-corrected chi connectivity index (χ1v) is 11.0. The second kappa shape index (κ2) is 17.3. The van der Waals surface area contributed by atoms with E-state index in [1.807, 2.05) is 7.05 Å². The highest BCUT2D eigenvalue weighted by atomic mass is 15.1. The van der Waals surface area contributed by atoms with Crippen molar-refractivity contribution < 1.29 is 0 Å². The van der Waals surface area contributed by atoms with Crippen molar-refractivity contribution in [1.29, 1.82) is 0 Å². The zero-order chi connectivity index (χ0) is 18.9. The van der Waals surface area contributed by atoms with Crippen LogP contribution in [0.4, 0.5) is 0 Å². The smallest absolute Gasteiger partial charge is 0.00192 e. The molecule has 2 fully saturated rings. The van der Waals surface area contributed by atoms with Crippen LogP contribution in [0.25, 0.3) is 0 Å². The van der Waals surface area contributed by atoms with Crippen molar-refractivity contribution in [1.82, 2.24) is 15.1 Å². The van der Waals surface area contributed by atoms with Crippen molar-refractivity contribution in [3.63, 3.8) is 0 Å². The molecule has 0 aromatic carbocycles. The van der Waals surface area contributed by atoms with Crippen LogP contribution >= 0.6 is 0 Å². The fraction of sp³-hybridized carbons (Fsp3) is 1.00. The fourth-order valence-electron chi connectivity index (χ4n) is 3.14. The van der Waals surface area contributed by atoms with Crippen molar-refractivity contribution in [2.45, 2.75) is 78.6 Å². The molecule has 2 heterocycles. The van der Waals surface area contributed by atoms with Crippen LogP contribution in [-0.2, 0) is 0 Å². The van der Waals surface area contributed by atoms with E-state index >= 15 is 0 Å². The molecule has 1 atom stereocenters. The fourth-order valence-corrected chi connectivity index (χ4v) is 3.14. The summed E-state index contributed by atoms with van der Waals surface area (Å²) in [6.45, 7) is 13.3. The van der Waals surface area contributed by atoms with Crippen LogP contribution in [0.1, 0.15) is 78.6 Å². The summed E-state index contributed by atoms with van der Waals surface area (Å²) in [6.07, 6.45) is 12.6. The van der Waals surface area contributed by atoms with E-state index in [9.17, 15) is 0 Å². The highest BCUT2D eigenvalue weighted by molar-refractivity contribution is 4.65. The van der Waals surface area contributed by atoms with Gasteiger partial charge in [0.15, 0.2) is 0 Å². The number of nitrogens with one attached hydrogen (secondary N) is 1. The molecule has 0 saturated carbocycles. The molecule has 0 amide bonds. The van der Waals surface area contributed by atoms with Gasteiger partial charge in [0, 0.05) is 0 Å². The normalized spacial score (nSPS) is 21.8. The first-order chi connectivity index (χ1) is 12.0. The molecule has 2 saturated heterocycles. The number of nitrogens with zero attached hydrogens (tertiary/aromatic N) is 2. The zero-order valence-corrected chi connectivity index (χ0v) is 18.4. The third-order valence-electron chi connectivity index (χ3n) is 5.67. The van der Waals surface area contributed by atoms with Crippen LogP contribution in [0, 0.1) is 11.8 Å². The summed E-state index contributed by atoms with van der Waals surface area (Å²) in [4.78, 5) is 4.85. The average Bonchev–Trinajstić information content (AvgIpc) is 2.60. The molecule has 0 spiro atoms. The van der Waals surface area contributed by atoms with Gasteiger partial charge >= 0.3 is 0 Å². The molecule has 1 unspecified atom stereocenters. The minimum Gasteiger partial charge on any atom is -0.320 e. The average molecular weight is 356 g/mol. The monoisotopic (exact) mass is 355 g/mol. The molecule has 2 rings (SSSR count). The van der Waals surface area contributed by atoms with Crippen molar-refractivity contribution in [2.75, 3.05) is 53.9 Å². The number of hydrogen-bond acceptors (Lipinski definition) is 3. The Labute approximate surface area is 159 Å². The molecule has 2 aliphatic heterocycles. The van der Waals surface area contributed by atoms with Gasteiger partial charge in [0.05, 0.1) is 0 Å². The Balaban J connectivity index is 0.000000347. The van der Waals surface area contributed by atoms with Gasteiger partial charge in [-0.3, -0.25) is 0 Å². The summed E-state index contributed by atoms with van der Waals surface area (Å²) >= 11 is 0. The van der Waals surface area contributed by atoms with E-state index in [1.54, 1.807) is 0 Å². The van der Waals surface area contributed by atoms with Gasteiger partial charge < -0.3 is 15.1 Å². The molecule has 3 nitrogen and oxygen atoms in total. The van der Waals surface area contributed by atoms with Crippen LogP contribution in [-0.4, -0.2) is 63.7 Å². The number of likely N-dealkylation sites (tertiary alicyclic amines) is 2. The lowest BCUT2D eigenvalue weighted by Crippen LogP contribution is -2.28. The number of rotatable bonds is 4. The second-order valence-electron chi connectivity index (χ2n) is 8.46. The van der Waals surface area contributed by atoms with Gasteiger partial charge in [0.25, 0.3) is 0 Å². The summed E-state index contributed by atoms with van der Waals surface area (Å²) in [5.74, 6) is 1.87. The van der Waals surface area contributed by atoms with Crippen LogP contribution in [0.2, 0.25) is 0 Å². The van der Waals surface area contributed by atoms with E-state index in [0.717, 1.165) is 18.4 Å².